The molecule has 0 bridgehead atoms. The van der Waals surface area contributed by atoms with Crippen LogP contribution in [0.15, 0.2) is 28.7 Å². The number of halogens is 1. The Labute approximate surface area is 177 Å². The highest BCUT2D eigenvalue weighted by molar-refractivity contribution is 7.99. The van der Waals surface area contributed by atoms with Gasteiger partial charge in [-0.3, -0.25) is 4.79 Å². The molecule has 0 saturated carbocycles. The molecule has 0 saturated heterocycles. The Kier molecular flexibility index (Phi) is 6.64. The average Bonchev–Trinajstić information content (AvgIpc) is 3.22. The molecule has 6 nitrogen and oxygen atoms in total. The van der Waals surface area contributed by atoms with Crippen LogP contribution >= 0.6 is 34.7 Å². The van der Waals surface area contributed by atoms with Crippen molar-refractivity contribution in [1.82, 2.24) is 14.8 Å². The molecule has 0 aliphatic rings. The molecule has 9 heteroatoms. The molecule has 0 radical (unpaired) electrons. The summed E-state index contributed by atoms with van der Waals surface area (Å²) in [5, 5.41) is 14.8. The molecule has 2 heterocycles. The molecular formula is C19H21ClN4O2S2. The second-order valence-electron chi connectivity index (χ2n) is 6.08. The maximum atomic E-state index is 12.4. The Morgan fingerprint density at radius 2 is 2.18 bits per heavy atom. The van der Waals surface area contributed by atoms with Gasteiger partial charge in [0.2, 0.25) is 5.91 Å². The van der Waals surface area contributed by atoms with E-state index in [0.29, 0.717) is 21.6 Å². The predicted octanol–water partition coefficient (Wildman–Crippen LogP) is 4.81. The van der Waals surface area contributed by atoms with E-state index in [9.17, 15) is 4.79 Å². The van der Waals surface area contributed by atoms with E-state index in [1.54, 1.807) is 36.6 Å². The van der Waals surface area contributed by atoms with Crippen molar-refractivity contribution in [2.75, 3.05) is 18.2 Å². The lowest BCUT2D eigenvalue weighted by atomic mass is 10.1. The van der Waals surface area contributed by atoms with Gasteiger partial charge in [-0.25, -0.2) is 0 Å². The second kappa shape index (κ2) is 8.98. The van der Waals surface area contributed by atoms with Crippen molar-refractivity contribution in [3.05, 3.63) is 39.0 Å². The van der Waals surface area contributed by atoms with Gasteiger partial charge in [0.15, 0.2) is 11.0 Å². The lowest BCUT2D eigenvalue weighted by Gasteiger charge is -2.10. The summed E-state index contributed by atoms with van der Waals surface area (Å²) in [5.74, 6) is 1.41. The zero-order valence-corrected chi connectivity index (χ0v) is 18.5. The lowest BCUT2D eigenvalue weighted by molar-refractivity contribution is -0.113. The highest BCUT2D eigenvalue weighted by Crippen LogP contribution is 2.32. The summed E-state index contributed by atoms with van der Waals surface area (Å²) >= 11 is 9.06. The minimum atomic E-state index is -0.171. The van der Waals surface area contributed by atoms with Crippen LogP contribution in [0.4, 0.5) is 5.69 Å². The largest absolute Gasteiger partial charge is 0.495 e. The van der Waals surface area contributed by atoms with Crippen LogP contribution < -0.4 is 10.1 Å². The van der Waals surface area contributed by atoms with Gasteiger partial charge in [-0.2, -0.15) is 0 Å². The number of hydrogen-bond acceptors (Lipinski definition) is 6. The SMILES string of the molecule is CCc1c(-c2nnc(SCC(=O)Nc3cc(Cl)ccc3OC)n2C)csc1C. The highest BCUT2D eigenvalue weighted by atomic mass is 35.5. The number of anilines is 1. The van der Waals surface area contributed by atoms with E-state index >= 15 is 0 Å². The maximum absolute atomic E-state index is 12.4. The molecule has 0 unspecified atom stereocenters. The van der Waals surface area contributed by atoms with Crippen LogP contribution in [0.2, 0.25) is 5.02 Å². The Balaban J connectivity index is 1.69. The molecule has 1 N–H and O–H groups in total. The van der Waals surface area contributed by atoms with E-state index in [-0.39, 0.29) is 11.7 Å². The van der Waals surface area contributed by atoms with E-state index in [2.05, 4.69) is 34.7 Å². The number of amides is 1. The minimum absolute atomic E-state index is 0.171. The first-order valence-corrected chi connectivity index (χ1v) is 10.9. The van der Waals surface area contributed by atoms with Gasteiger partial charge in [-0.05, 0) is 37.1 Å². The molecule has 0 aliphatic heterocycles. The molecule has 1 amide bonds. The quantitative estimate of drug-likeness (QED) is 0.538. The maximum Gasteiger partial charge on any atom is 0.234 e. The van der Waals surface area contributed by atoms with Crippen LogP contribution in [0.25, 0.3) is 11.4 Å². The van der Waals surface area contributed by atoms with Crippen LogP contribution in [-0.4, -0.2) is 33.5 Å². The fraction of sp³-hybridized carbons (Fsp3) is 0.316. The monoisotopic (exact) mass is 436 g/mol. The molecule has 28 heavy (non-hydrogen) atoms. The van der Waals surface area contributed by atoms with Gasteiger partial charge in [0.05, 0.1) is 18.6 Å². The minimum Gasteiger partial charge on any atom is -0.495 e. The number of aryl methyl sites for hydroxylation is 1. The Bertz CT molecular complexity index is 1000. The first kappa shape index (κ1) is 20.7. The molecule has 3 rings (SSSR count). The van der Waals surface area contributed by atoms with Gasteiger partial charge in [0.25, 0.3) is 0 Å². The van der Waals surface area contributed by atoms with Crippen LogP contribution in [0.5, 0.6) is 5.75 Å². The molecule has 0 spiro atoms. The topological polar surface area (TPSA) is 69.0 Å². The van der Waals surface area contributed by atoms with E-state index < -0.39 is 0 Å². The summed E-state index contributed by atoms with van der Waals surface area (Å²) in [7, 11) is 3.47. The van der Waals surface area contributed by atoms with Gasteiger partial charge >= 0.3 is 0 Å². The van der Waals surface area contributed by atoms with Crippen LogP contribution in [0.3, 0.4) is 0 Å². The van der Waals surface area contributed by atoms with Gasteiger partial charge in [0.1, 0.15) is 5.75 Å². The van der Waals surface area contributed by atoms with Gasteiger partial charge < -0.3 is 14.6 Å². The van der Waals surface area contributed by atoms with E-state index in [4.69, 9.17) is 16.3 Å². The van der Waals surface area contributed by atoms with Gasteiger partial charge in [-0.1, -0.05) is 30.3 Å². The number of carbonyl (C=O) groups excluding carboxylic acids is 1. The van der Waals surface area contributed by atoms with Crippen molar-refractivity contribution >= 4 is 46.3 Å². The zero-order valence-electron chi connectivity index (χ0n) is 16.1. The fourth-order valence-corrected chi connectivity index (χ4v) is 4.70. The predicted molar refractivity (Wildman–Crippen MR) is 116 cm³/mol. The number of aromatic nitrogens is 3. The van der Waals surface area contributed by atoms with Crippen molar-refractivity contribution in [3.63, 3.8) is 0 Å². The second-order valence-corrected chi connectivity index (χ2v) is 8.55. The van der Waals surface area contributed by atoms with Crippen LogP contribution in [0.1, 0.15) is 17.4 Å². The number of nitrogens with one attached hydrogen (secondary N) is 1. The molecule has 0 atom stereocenters. The number of carbonyl (C=O) groups is 1. The van der Waals surface area contributed by atoms with Crippen molar-refractivity contribution in [2.24, 2.45) is 7.05 Å². The van der Waals surface area contributed by atoms with Crippen LogP contribution in [-0.2, 0) is 18.3 Å². The molecular weight excluding hydrogens is 416 g/mol. The third kappa shape index (κ3) is 4.34. The number of thioether (sulfide) groups is 1. The molecule has 3 aromatic rings. The first-order valence-electron chi connectivity index (χ1n) is 8.67. The Hall–Kier alpha value is -2.03. The zero-order chi connectivity index (χ0) is 20.3. The number of rotatable bonds is 7. The molecule has 0 fully saturated rings. The number of benzene rings is 1. The molecule has 2 aromatic heterocycles. The number of thiophene rings is 1. The normalized spacial score (nSPS) is 10.9. The van der Waals surface area contributed by atoms with Crippen molar-refractivity contribution < 1.29 is 9.53 Å². The van der Waals surface area contributed by atoms with Gasteiger partial charge in [0, 0.05) is 27.9 Å². The Morgan fingerprint density at radius 1 is 1.39 bits per heavy atom. The fourth-order valence-electron chi connectivity index (χ4n) is 2.88. The summed E-state index contributed by atoms with van der Waals surface area (Å²) in [4.78, 5) is 13.7. The average molecular weight is 437 g/mol. The van der Waals surface area contributed by atoms with Crippen molar-refractivity contribution in [2.45, 2.75) is 25.4 Å². The Morgan fingerprint density at radius 3 is 2.89 bits per heavy atom. The summed E-state index contributed by atoms with van der Waals surface area (Å²) < 4.78 is 7.18. The van der Waals surface area contributed by atoms with Gasteiger partial charge in [-0.15, -0.1) is 21.5 Å². The van der Waals surface area contributed by atoms with Crippen molar-refractivity contribution in [1.29, 1.82) is 0 Å². The molecule has 0 aliphatic carbocycles. The highest BCUT2D eigenvalue weighted by Gasteiger charge is 2.17. The van der Waals surface area contributed by atoms with E-state index in [1.165, 1.54) is 22.2 Å². The number of methoxy groups -OCH3 is 1. The third-order valence-corrected chi connectivity index (χ3v) is 6.51. The lowest BCUT2D eigenvalue weighted by Crippen LogP contribution is -2.15. The molecule has 1 aromatic carbocycles. The van der Waals surface area contributed by atoms with Crippen LogP contribution in [0, 0.1) is 6.92 Å². The standard InChI is InChI=1S/C19H21ClN4O2S2/c1-5-13-11(2)27-9-14(13)18-22-23-19(24(18)3)28-10-17(25)21-15-8-12(20)6-7-16(15)26-4/h6-9H,5,10H2,1-4H3,(H,21,25). The number of nitrogens with zero attached hydrogens (tertiary/aromatic N) is 3. The summed E-state index contributed by atoms with van der Waals surface area (Å²) in [5.41, 5.74) is 2.95. The summed E-state index contributed by atoms with van der Waals surface area (Å²) in [6.07, 6.45) is 0.948. The van der Waals surface area contributed by atoms with Crippen molar-refractivity contribution in [3.8, 4) is 17.1 Å². The third-order valence-electron chi connectivity index (χ3n) is 4.30. The number of ether oxygens (including phenoxy) is 1. The van der Waals surface area contributed by atoms with E-state index in [0.717, 1.165) is 17.8 Å². The first-order chi connectivity index (χ1) is 13.4. The number of hydrogen-bond donors (Lipinski definition) is 1. The summed E-state index contributed by atoms with van der Waals surface area (Å²) in [6.45, 7) is 4.26. The summed E-state index contributed by atoms with van der Waals surface area (Å²) in [6, 6.07) is 5.09. The van der Waals surface area contributed by atoms with E-state index in [1.807, 2.05) is 11.6 Å². The molecule has 148 valence electrons. The smallest absolute Gasteiger partial charge is 0.234 e.